The summed E-state index contributed by atoms with van der Waals surface area (Å²) >= 11 is 1.49. The lowest BCUT2D eigenvalue weighted by atomic mass is 10.2. The standard InChI is InChI=1S/C22H26N4O2S/c1-3-26-20-7-5-4-6-19(20)24-22(26)29-16(2)21(27)23-17-8-10-18(11-9-17)25-12-14-28-15-13-25/h4-11,16H,3,12-15H2,1-2H3,(H,23,27)/t16-/m1/s1. The zero-order valence-electron chi connectivity index (χ0n) is 16.8. The van der Waals surface area contributed by atoms with E-state index in [9.17, 15) is 4.79 Å². The number of anilines is 2. The number of nitrogens with one attached hydrogen (secondary N) is 1. The van der Waals surface area contributed by atoms with Gasteiger partial charge in [-0.05, 0) is 50.2 Å². The van der Waals surface area contributed by atoms with Crippen molar-refractivity contribution in [2.24, 2.45) is 0 Å². The number of carbonyl (C=O) groups excluding carboxylic acids is 1. The first-order valence-electron chi connectivity index (χ1n) is 10.0. The molecule has 29 heavy (non-hydrogen) atoms. The van der Waals surface area contributed by atoms with E-state index < -0.39 is 0 Å². The molecule has 1 N–H and O–H groups in total. The number of aromatic nitrogens is 2. The van der Waals surface area contributed by atoms with E-state index in [1.165, 1.54) is 11.8 Å². The summed E-state index contributed by atoms with van der Waals surface area (Å²) in [6.07, 6.45) is 0. The third-order valence-corrected chi connectivity index (χ3v) is 6.19. The summed E-state index contributed by atoms with van der Waals surface area (Å²) in [6.45, 7) is 8.15. The van der Waals surface area contributed by atoms with Crippen LogP contribution < -0.4 is 10.2 Å². The summed E-state index contributed by atoms with van der Waals surface area (Å²) in [5, 5.41) is 3.64. The first kappa shape index (κ1) is 19.8. The van der Waals surface area contributed by atoms with E-state index in [4.69, 9.17) is 9.72 Å². The van der Waals surface area contributed by atoms with E-state index in [2.05, 4.69) is 39.9 Å². The second kappa shape index (κ2) is 8.88. The number of imidazole rings is 1. The molecule has 1 amide bonds. The van der Waals surface area contributed by atoms with Crippen LogP contribution >= 0.6 is 11.8 Å². The number of carbonyl (C=O) groups is 1. The summed E-state index contributed by atoms with van der Waals surface area (Å²) < 4.78 is 7.55. The van der Waals surface area contributed by atoms with Crippen LogP contribution in [-0.2, 0) is 16.1 Å². The number of benzene rings is 2. The molecule has 0 unspecified atom stereocenters. The SMILES string of the molecule is CCn1c(S[C@H](C)C(=O)Nc2ccc(N3CCOCC3)cc2)nc2ccccc21. The van der Waals surface area contributed by atoms with Crippen LogP contribution in [-0.4, -0.2) is 47.0 Å². The Morgan fingerprint density at radius 2 is 1.90 bits per heavy atom. The third-order valence-electron chi connectivity index (χ3n) is 5.10. The molecule has 1 fully saturated rings. The Morgan fingerprint density at radius 1 is 1.17 bits per heavy atom. The van der Waals surface area contributed by atoms with E-state index >= 15 is 0 Å². The van der Waals surface area contributed by atoms with Crippen LogP contribution in [0.5, 0.6) is 0 Å². The van der Waals surface area contributed by atoms with Gasteiger partial charge in [-0.3, -0.25) is 4.79 Å². The second-order valence-electron chi connectivity index (χ2n) is 7.02. The summed E-state index contributed by atoms with van der Waals surface area (Å²) in [6, 6.07) is 16.1. The van der Waals surface area contributed by atoms with Crippen molar-refractivity contribution in [2.45, 2.75) is 30.8 Å². The number of morpholine rings is 1. The highest BCUT2D eigenvalue weighted by Crippen LogP contribution is 2.28. The van der Waals surface area contributed by atoms with Gasteiger partial charge in [0.2, 0.25) is 5.91 Å². The van der Waals surface area contributed by atoms with Gasteiger partial charge in [0.25, 0.3) is 0 Å². The van der Waals surface area contributed by atoms with Crippen molar-refractivity contribution in [3.63, 3.8) is 0 Å². The predicted octanol–water partition coefficient (Wildman–Crippen LogP) is 4.01. The van der Waals surface area contributed by atoms with Gasteiger partial charge in [-0.1, -0.05) is 23.9 Å². The molecular formula is C22H26N4O2S. The molecule has 1 aromatic heterocycles. The van der Waals surface area contributed by atoms with Crippen LogP contribution in [0.3, 0.4) is 0 Å². The normalized spacial score (nSPS) is 15.4. The van der Waals surface area contributed by atoms with Gasteiger partial charge >= 0.3 is 0 Å². The average molecular weight is 411 g/mol. The topological polar surface area (TPSA) is 59.4 Å². The number of thioether (sulfide) groups is 1. The van der Waals surface area contributed by atoms with E-state index in [0.717, 1.165) is 60.4 Å². The number of fused-ring (bicyclic) bond motifs is 1. The lowest BCUT2D eigenvalue weighted by Gasteiger charge is -2.28. The van der Waals surface area contributed by atoms with Gasteiger partial charge in [-0.2, -0.15) is 0 Å². The molecule has 0 saturated carbocycles. The molecule has 1 saturated heterocycles. The average Bonchev–Trinajstić information content (AvgIpc) is 3.11. The molecule has 1 atom stereocenters. The minimum Gasteiger partial charge on any atom is -0.378 e. The van der Waals surface area contributed by atoms with E-state index in [0.29, 0.717) is 0 Å². The summed E-state index contributed by atoms with van der Waals surface area (Å²) in [7, 11) is 0. The number of ether oxygens (including phenoxy) is 1. The maximum Gasteiger partial charge on any atom is 0.237 e. The van der Waals surface area contributed by atoms with Crippen LogP contribution in [0.4, 0.5) is 11.4 Å². The Bertz CT molecular complexity index is 980. The van der Waals surface area contributed by atoms with Gasteiger partial charge in [0, 0.05) is 31.0 Å². The molecule has 0 aliphatic carbocycles. The predicted molar refractivity (Wildman–Crippen MR) is 119 cm³/mol. The van der Waals surface area contributed by atoms with Gasteiger partial charge in [0.15, 0.2) is 5.16 Å². The van der Waals surface area contributed by atoms with E-state index in [1.807, 2.05) is 37.3 Å². The minimum atomic E-state index is -0.254. The van der Waals surface area contributed by atoms with Crippen LogP contribution in [0.2, 0.25) is 0 Å². The lowest BCUT2D eigenvalue weighted by molar-refractivity contribution is -0.115. The number of nitrogens with zero attached hydrogens (tertiary/aromatic N) is 3. The van der Waals surface area contributed by atoms with Crippen molar-refractivity contribution in [1.29, 1.82) is 0 Å². The third kappa shape index (κ3) is 4.41. The molecule has 4 rings (SSSR count). The quantitative estimate of drug-likeness (QED) is 0.622. The molecule has 0 radical (unpaired) electrons. The molecule has 2 aromatic carbocycles. The Labute approximate surface area is 175 Å². The summed E-state index contributed by atoms with van der Waals surface area (Å²) in [4.78, 5) is 19.7. The molecule has 0 spiro atoms. The van der Waals surface area contributed by atoms with Crippen molar-refractivity contribution in [3.8, 4) is 0 Å². The number of para-hydroxylation sites is 2. The van der Waals surface area contributed by atoms with Crippen molar-refractivity contribution >= 4 is 40.1 Å². The largest absolute Gasteiger partial charge is 0.378 e. The van der Waals surface area contributed by atoms with Gasteiger partial charge in [-0.15, -0.1) is 0 Å². The van der Waals surface area contributed by atoms with Crippen LogP contribution in [0.15, 0.2) is 53.7 Å². The zero-order valence-corrected chi connectivity index (χ0v) is 17.6. The van der Waals surface area contributed by atoms with Gasteiger partial charge in [0.1, 0.15) is 0 Å². The first-order chi connectivity index (χ1) is 14.2. The van der Waals surface area contributed by atoms with Gasteiger partial charge in [0.05, 0.1) is 29.5 Å². The number of aryl methyl sites for hydroxylation is 1. The fourth-order valence-corrected chi connectivity index (χ4v) is 4.47. The molecule has 2 heterocycles. The molecule has 152 valence electrons. The van der Waals surface area contributed by atoms with Crippen LogP contribution in [0, 0.1) is 0 Å². The van der Waals surface area contributed by atoms with Crippen molar-refractivity contribution in [3.05, 3.63) is 48.5 Å². The minimum absolute atomic E-state index is 0.0242. The number of amides is 1. The van der Waals surface area contributed by atoms with Crippen LogP contribution in [0.1, 0.15) is 13.8 Å². The first-order valence-corrected chi connectivity index (χ1v) is 10.9. The Hall–Kier alpha value is -2.51. The summed E-state index contributed by atoms with van der Waals surface area (Å²) in [5.41, 5.74) is 4.03. The highest BCUT2D eigenvalue weighted by atomic mass is 32.2. The maximum absolute atomic E-state index is 12.7. The molecule has 1 aliphatic heterocycles. The van der Waals surface area contributed by atoms with Crippen molar-refractivity contribution < 1.29 is 9.53 Å². The highest BCUT2D eigenvalue weighted by Gasteiger charge is 2.19. The molecular weight excluding hydrogens is 384 g/mol. The molecule has 0 bridgehead atoms. The maximum atomic E-state index is 12.7. The van der Waals surface area contributed by atoms with Crippen molar-refractivity contribution in [1.82, 2.24) is 9.55 Å². The lowest BCUT2D eigenvalue weighted by Crippen LogP contribution is -2.36. The van der Waals surface area contributed by atoms with Crippen molar-refractivity contribution in [2.75, 3.05) is 36.5 Å². The fourth-order valence-electron chi connectivity index (χ4n) is 3.48. The summed E-state index contributed by atoms with van der Waals surface area (Å²) in [5.74, 6) is -0.0242. The Morgan fingerprint density at radius 3 is 2.62 bits per heavy atom. The number of rotatable bonds is 6. The molecule has 1 aliphatic rings. The Balaban J connectivity index is 1.41. The zero-order chi connectivity index (χ0) is 20.2. The Kier molecular flexibility index (Phi) is 6.06. The number of hydrogen-bond acceptors (Lipinski definition) is 5. The molecule has 6 nitrogen and oxygen atoms in total. The van der Waals surface area contributed by atoms with Gasteiger partial charge < -0.3 is 19.5 Å². The van der Waals surface area contributed by atoms with E-state index in [1.54, 1.807) is 0 Å². The number of hydrogen-bond donors (Lipinski definition) is 1. The monoisotopic (exact) mass is 410 g/mol. The smallest absolute Gasteiger partial charge is 0.237 e. The fraction of sp³-hybridized carbons (Fsp3) is 0.364. The molecule has 7 heteroatoms. The van der Waals surface area contributed by atoms with Gasteiger partial charge in [-0.25, -0.2) is 4.98 Å². The van der Waals surface area contributed by atoms with E-state index in [-0.39, 0.29) is 11.2 Å². The second-order valence-corrected chi connectivity index (χ2v) is 8.33. The highest BCUT2D eigenvalue weighted by molar-refractivity contribution is 8.00. The molecule has 3 aromatic rings. The van der Waals surface area contributed by atoms with Crippen LogP contribution in [0.25, 0.3) is 11.0 Å².